The second kappa shape index (κ2) is 3.77. The minimum absolute atomic E-state index is 1.04. The molecule has 17 heavy (non-hydrogen) atoms. The smallest absolute Gasteiger partial charge is 0.236 e. The van der Waals surface area contributed by atoms with Crippen molar-refractivity contribution in [3.8, 4) is 0 Å². The van der Waals surface area contributed by atoms with E-state index in [2.05, 4.69) is 48.6 Å². The van der Waals surface area contributed by atoms with Gasteiger partial charge in [-0.3, -0.25) is 0 Å². The van der Waals surface area contributed by atoms with Crippen molar-refractivity contribution in [2.45, 2.75) is 20.3 Å². The third-order valence-corrected chi connectivity index (χ3v) is 4.39. The molecule has 0 unspecified atom stereocenters. The van der Waals surface area contributed by atoms with Crippen LogP contribution in [0.3, 0.4) is 0 Å². The van der Waals surface area contributed by atoms with Crippen molar-refractivity contribution in [2.24, 2.45) is 7.05 Å². The molecule has 2 heterocycles. The minimum Gasteiger partial charge on any atom is -0.236 e. The van der Waals surface area contributed by atoms with E-state index in [0.717, 1.165) is 11.9 Å². The van der Waals surface area contributed by atoms with Crippen LogP contribution in [-0.2, 0) is 13.5 Å². The molecule has 3 heteroatoms. The highest BCUT2D eigenvalue weighted by atomic mass is 32.1. The van der Waals surface area contributed by atoms with E-state index in [1.54, 1.807) is 0 Å². The van der Waals surface area contributed by atoms with Crippen molar-refractivity contribution >= 4 is 31.6 Å². The first-order chi connectivity index (χ1) is 8.20. The zero-order valence-corrected chi connectivity index (χ0v) is 11.1. The molecule has 0 N–H and O–H groups in total. The molecule has 0 aliphatic carbocycles. The highest BCUT2D eigenvalue weighted by molar-refractivity contribution is 7.25. The topological polar surface area (TPSA) is 16.8 Å². The van der Waals surface area contributed by atoms with Gasteiger partial charge < -0.3 is 0 Å². The molecule has 0 saturated carbocycles. The van der Waals surface area contributed by atoms with E-state index in [-0.39, 0.29) is 0 Å². The number of thiophene rings is 1. The van der Waals surface area contributed by atoms with Gasteiger partial charge >= 0.3 is 0 Å². The van der Waals surface area contributed by atoms with Gasteiger partial charge in [0.15, 0.2) is 0 Å². The Balaban J connectivity index is 2.50. The Morgan fingerprint density at radius 3 is 2.94 bits per heavy atom. The monoisotopic (exact) mass is 243 g/mol. The Hall–Kier alpha value is -1.48. The highest BCUT2D eigenvalue weighted by Crippen LogP contribution is 2.33. The lowest BCUT2D eigenvalue weighted by molar-refractivity contribution is -0.680. The zero-order chi connectivity index (χ0) is 12.0. The molecule has 0 amide bonds. The fraction of sp³-hybridized carbons (Fsp3) is 0.286. The normalized spacial score (nSPS) is 11.5. The van der Waals surface area contributed by atoms with Crippen LogP contribution in [0.15, 0.2) is 24.5 Å². The molecule has 0 atom stereocenters. The standard InChI is InChI=1S/C14H15N2S/c1-4-11-14-13(15-8-16(11)3)10-6-5-9(2)7-12(10)17-14/h5-8H,4H2,1-3H3/q+1. The lowest BCUT2D eigenvalue weighted by Crippen LogP contribution is -2.33. The number of hydrogen-bond acceptors (Lipinski definition) is 2. The van der Waals surface area contributed by atoms with Crippen LogP contribution in [0.4, 0.5) is 0 Å². The number of aryl methyl sites for hydroxylation is 3. The van der Waals surface area contributed by atoms with Crippen molar-refractivity contribution in [2.75, 3.05) is 0 Å². The molecule has 0 spiro atoms. The first-order valence-corrected chi connectivity index (χ1v) is 6.68. The fourth-order valence-corrected chi connectivity index (χ4v) is 3.70. The lowest BCUT2D eigenvalue weighted by Gasteiger charge is -1.97. The molecule has 86 valence electrons. The Kier molecular flexibility index (Phi) is 2.37. The van der Waals surface area contributed by atoms with E-state index in [4.69, 9.17) is 0 Å². The van der Waals surface area contributed by atoms with Gasteiger partial charge in [0.25, 0.3) is 6.33 Å². The van der Waals surface area contributed by atoms with E-state index < -0.39 is 0 Å². The van der Waals surface area contributed by atoms with Crippen LogP contribution in [0.1, 0.15) is 18.2 Å². The molecular formula is C14H15N2S+. The van der Waals surface area contributed by atoms with Crippen LogP contribution in [0.2, 0.25) is 0 Å². The molecule has 0 aliphatic heterocycles. The largest absolute Gasteiger partial charge is 0.286 e. The van der Waals surface area contributed by atoms with Gasteiger partial charge in [-0.2, -0.15) is 0 Å². The second-order valence-corrected chi connectivity index (χ2v) is 5.49. The van der Waals surface area contributed by atoms with Gasteiger partial charge in [-0.25, -0.2) is 4.57 Å². The number of fused-ring (bicyclic) bond motifs is 3. The van der Waals surface area contributed by atoms with Crippen molar-refractivity contribution in [3.63, 3.8) is 0 Å². The Morgan fingerprint density at radius 2 is 2.18 bits per heavy atom. The van der Waals surface area contributed by atoms with Gasteiger partial charge in [-0.15, -0.1) is 11.3 Å². The van der Waals surface area contributed by atoms with Crippen LogP contribution in [-0.4, -0.2) is 4.98 Å². The lowest BCUT2D eigenvalue weighted by atomic mass is 10.1. The SMILES string of the molecule is CCc1c2sc3cc(C)ccc3c2nc[n+]1C. The Bertz CT molecular complexity index is 713. The predicted molar refractivity (Wildman–Crippen MR) is 72.4 cm³/mol. The van der Waals surface area contributed by atoms with Crippen molar-refractivity contribution in [1.82, 2.24) is 4.98 Å². The summed E-state index contributed by atoms with van der Waals surface area (Å²) in [4.78, 5) is 4.58. The van der Waals surface area contributed by atoms with Crippen LogP contribution < -0.4 is 4.57 Å². The third kappa shape index (κ3) is 1.53. The van der Waals surface area contributed by atoms with Crippen LogP contribution in [0, 0.1) is 6.92 Å². The zero-order valence-electron chi connectivity index (χ0n) is 10.3. The molecule has 1 aromatic carbocycles. The summed E-state index contributed by atoms with van der Waals surface area (Å²) in [5.41, 5.74) is 3.83. The summed E-state index contributed by atoms with van der Waals surface area (Å²) in [6, 6.07) is 6.60. The molecule has 0 radical (unpaired) electrons. The Morgan fingerprint density at radius 1 is 1.35 bits per heavy atom. The molecule has 0 fully saturated rings. The highest BCUT2D eigenvalue weighted by Gasteiger charge is 2.16. The summed E-state index contributed by atoms with van der Waals surface area (Å²) in [6.45, 7) is 4.34. The molecule has 3 rings (SSSR count). The summed E-state index contributed by atoms with van der Waals surface area (Å²) >= 11 is 1.86. The Labute approximate surface area is 105 Å². The van der Waals surface area contributed by atoms with E-state index in [1.807, 2.05) is 17.7 Å². The second-order valence-electron chi connectivity index (χ2n) is 4.44. The summed E-state index contributed by atoms with van der Waals surface area (Å²) in [7, 11) is 2.07. The van der Waals surface area contributed by atoms with E-state index in [1.165, 1.54) is 26.0 Å². The van der Waals surface area contributed by atoms with Gasteiger partial charge in [-0.05, 0) is 29.6 Å². The van der Waals surface area contributed by atoms with Gasteiger partial charge in [0, 0.05) is 16.5 Å². The van der Waals surface area contributed by atoms with Crippen LogP contribution >= 0.6 is 11.3 Å². The fourth-order valence-electron chi connectivity index (χ4n) is 2.30. The summed E-state index contributed by atoms with van der Waals surface area (Å²) in [6.07, 6.45) is 2.97. The van der Waals surface area contributed by atoms with Gasteiger partial charge in [-0.1, -0.05) is 13.0 Å². The molecule has 0 bridgehead atoms. The van der Waals surface area contributed by atoms with E-state index in [0.29, 0.717) is 0 Å². The minimum atomic E-state index is 1.04. The maximum atomic E-state index is 4.58. The van der Waals surface area contributed by atoms with Gasteiger partial charge in [0.2, 0.25) is 5.52 Å². The third-order valence-electron chi connectivity index (χ3n) is 3.20. The average Bonchev–Trinajstić information content (AvgIpc) is 2.66. The maximum Gasteiger partial charge on any atom is 0.286 e. The molecule has 2 nitrogen and oxygen atoms in total. The number of hydrogen-bond donors (Lipinski definition) is 0. The first-order valence-electron chi connectivity index (χ1n) is 5.87. The number of aromatic nitrogens is 2. The van der Waals surface area contributed by atoms with E-state index >= 15 is 0 Å². The van der Waals surface area contributed by atoms with Crippen LogP contribution in [0.5, 0.6) is 0 Å². The summed E-state index contributed by atoms with van der Waals surface area (Å²) in [5.74, 6) is 0. The number of benzene rings is 1. The van der Waals surface area contributed by atoms with Crippen molar-refractivity contribution in [1.29, 1.82) is 0 Å². The molecular weight excluding hydrogens is 228 g/mol. The molecule has 0 aliphatic rings. The quantitative estimate of drug-likeness (QED) is 0.600. The van der Waals surface area contributed by atoms with Gasteiger partial charge in [0.1, 0.15) is 10.4 Å². The van der Waals surface area contributed by atoms with Crippen molar-refractivity contribution in [3.05, 3.63) is 35.8 Å². The molecule has 2 aromatic heterocycles. The summed E-state index contributed by atoms with van der Waals surface area (Å²) in [5, 5.41) is 1.28. The van der Waals surface area contributed by atoms with Crippen LogP contribution in [0.25, 0.3) is 20.3 Å². The van der Waals surface area contributed by atoms with Gasteiger partial charge in [0.05, 0.1) is 7.05 Å². The average molecular weight is 243 g/mol. The number of rotatable bonds is 1. The van der Waals surface area contributed by atoms with E-state index in [9.17, 15) is 0 Å². The van der Waals surface area contributed by atoms with Crippen molar-refractivity contribution < 1.29 is 4.57 Å². The molecule has 0 saturated heterocycles. The predicted octanol–water partition coefficient (Wildman–Crippen LogP) is 3.14. The maximum absolute atomic E-state index is 4.58. The number of nitrogens with zero attached hydrogens (tertiary/aromatic N) is 2. The first kappa shape index (κ1) is 10.7. The summed E-state index contributed by atoms with van der Waals surface area (Å²) < 4.78 is 4.80. The molecule has 3 aromatic rings.